The van der Waals surface area contributed by atoms with Gasteiger partial charge in [-0.05, 0) is 55.5 Å². The second kappa shape index (κ2) is 7.55. The third-order valence-electron chi connectivity index (χ3n) is 4.31. The largest absolute Gasteiger partial charge is 0.326 e. The number of hydrogen-bond donors (Lipinski definition) is 1. The fourth-order valence-electron chi connectivity index (χ4n) is 3.06. The SMILES string of the molecule is CC(=O)Nc1ccc(-n2ccc3nc(/C=C/c4cccc(C)n4)cc(=O)n32)cc1. The molecule has 1 N–H and O–H groups in total. The molecule has 29 heavy (non-hydrogen) atoms. The molecule has 0 saturated carbocycles. The minimum absolute atomic E-state index is 0.133. The van der Waals surface area contributed by atoms with E-state index in [9.17, 15) is 9.59 Å². The van der Waals surface area contributed by atoms with Crippen molar-refractivity contribution >= 4 is 29.4 Å². The van der Waals surface area contributed by atoms with Gasteiger partial charge in [-0.3, -0.25) is 19.3 Å². The summed E-state index contributed by atoms with van der Waals surface area (Å²) in [6.45, 7) is 3.39. The Morgan fingerprint density at radius 2 is 1.76 bits per heavy atom. The Kier molecular flexibility index (Phi) is 4.78. The first-order valence-corrected chi connectivity index (χ1v) is 9.11. The van der Waals surface area contributed by atoms with Crippen molar-refractivity contribution in [2.24, 2.45) is 0 Å². The van der Waals surface area contributed by atoms with Gasteiger partial charge in [0.1, 0.15) is 0 Å². The smallest absolute Gasteiger partial charge is 0.273 e. The number of amides is 1. The van der Waals surface area contributed by atoms with Gasteiger partial charge in [-0.15, -0.1) is 0 Å². The normalized spacial score (nSPS) is 11.2. The molecule has 0 aliphatic carbocycles. The average Bonchev–Trinajstić information content (AvgIpc) is 3.11. The van der Waals surface area contributed by atoms with E-state index >= 15 is 0 Å². The Bertz CT molecular complexity index is 1280. The lowest BCUT2D eigenvalue weighted by Crippen LogP contribution is -2.20. The van der Waals surface area contributed by atoms with Gasteiger partial charge in [-0.2, -0.15) is 4.52 Å². The molecule has 1 amide bonds. The van der Waals surface area contributed by atoms with E-state index in [0.717, 1.165) is 17.1 Å². The van der Waals surface area contributed by atoms with Crippen molar-refractivity contribution in [3.8, 4) is 5.69 Å². The number of carbonyl (C=O) groups is 1. The van der Waals surface area contributed by atoms with Gasteiger partial charge in [0.15, 0.2) is 5.65 Å². The van der Waals surface area contributed by atoms with Crippen molar-refractivity contribution in [1.82, 2.24) is 19.2 Å². The molecular formula is C22H19N5O2. The van der Waals surface area contributed by atoms with Gasteiger partial charge in [0.2, 0.25) is 5.91 Å². The van der Waals surface area contributed by atoms with Crippen LogP contribution in [0.1, 0.15) is 24.0 Å². The summed E-state index contributed by atoms with van der Waals surface area (Å²) < 4.78 is 3.22. The average molecular weight is 385 g/mol. The molecule has 0 bridgehead atoms. The van der Waals surface area contributed by atoms with Crippen molar-refractivity contribution in [2.75, 3.05) is 5.32 Å². The first-order valence-electron chi connectivity index (χ1n) is 9.11. The maximum atomic E-state index is 12.7. The molecule has 0 spiro atoms. The molecule has 0 fully saturated rings. The molecular weight excluding hydrogens is 366 g/mol. The van der Waals surface area contributed by atoms with E-state index in [1.807, 2.05) is 43.3 Å². The van der Waals surface area contributed by atoms with Crippen LogP contribution in [0.5, 0.6) is 0 Å². The Morgan fingerprint density at radius 3 is 2.48 bits per heavy atom. The topological polar surface area (TPSA) is 81.3 Å². The van der Waals surface area contributed by atoms with Gasteiger partial charge < -0.3 is 5.32 Å². The van der Waals surface area contributed by atoms with Crippen LogP contribution in [0, 0.1) is 6.92 Å². The number of nitrogens with zero attached hydrogens (tertiary/aromatic N) is 4. The van der Waals surface area contributed by atoms with E-state index in [2.05, 4.69) is 15.3 Å². The maximum Gasteiger partial charge on any atom is 0.273 e. The number of carbonyl (C=O) groups excluding carboxylic acids is 1. The van der Waals surface area contributed by atoms with Gasteiger partial charge >= 0.3 is 0 Å². The molecule has 3 aromatic heterocycles. The predicted molar refractivity (Wildman–Crippen MR) is 113 cm³/mol. The molecule has 3 heterocycles. The lowest BCUT2D eigenvalue weighted by molar-refractivity contribution is -0.114. The second-order valence-corrected chi connectivity index (χ2v) is 6.61. The monoisotopic (exact) mass is 385 g/mol. The van der Waals surface area contributed by atoms with Crippen LogP contribution in [0.3, 0.4) is 0 Å². The Labute approximate surface area is 167 Å². The summed E-state index contributed by atoms with van der Waals surface area (Å²) >= 11 is 0. The molecule has 144 valence electrons. The van der Waals surface area contributed by atoms with Gasteiger partial charge in [0.25, 0.3) is 5.56 Å². The lowest BCUT2D eigenvalue weighted by atomic mass is 10.2. The summed E-state index contributed by atoms with van der Waals surface area (Å²) in [4.78, 5) is 32.8. The molecule has 0 aliphatic rings. The van der Waals surface area contributed by atoms with Crippen LogP contribution in [0.2, 0.25) is 0 Å². The van der Waals surface area contributed by atoms with Crippen LogP contribution in [-0.2, 0) is 4.79 Å². The summed E-state index contributed by atoms with van der Waals surface area (Å²) in [5, 5.41) is 2.72. The highest BCUT2D eigenvalue weighted by atomic mass is 16.1. The molecule has 0 saturated heterocycles. The molecule has 4 aromatic rings. The van der Waals surface area contributed by atoms with Crippen molar-refractivity contribution in [3.05, 3.63) is 88.2 Å². The number of benzene rings is 1. The number of hydrogen-bond acceptors (Lipinski definition) is 4. The van der Waals surface area contributed by atoms with Crippen molar-refractivity contribution in [3.63, 3.8) is 0 Å². The third kappa shape index (κ3) is 3.98. The Hall–Kier alpha value is -4.00. The van der Waals surface area contributed by atoms with Crippen LogP contribution in [0.25, 0.3) is 23.5 Å². The van der Waals surface area contributed by atoms with E-state index in [4.69, 9.17) is 0 Å². The number of aromatic nitrogens is 4. The van der Waals surface area contributed by atoms with Crippen LogP contribution in [0.15, 0.2) is 65.6 Å². The zero-order chi connectivity index (χ0) is 20.4. The lowest BCUT2D eigenvalue weighted by Gasteiger charge is -2.08. The van der Waals surface area contributed by atoms with Crippen LogP contribution >= 0.6 is 0 Å². The van der Waals surface area contributed by atoms with E-state index in [1.54, 1.807) is 35.2 Å². The molecule has 0 unspecified atom stereocenters. The number of nitrogens with one attached hydrogen (secondary N) is 1. The highest BCUT2D eigenvalue weighted by Gasteiger charge is 2.08. The second-order valence-electron chi connectivity index (χ2n) is 6.61. The first-order chi connectivity index (χ1) is 14.0. The summed E-state index contributed by atoms with van der Waals surface area (Å²) in [6, 6.07) is 16.3. The van der Waals surface area contributed by atoms with Crippen LogP contribution in [0.4, 0.5) is 5.69 Å². The zero-order valence-corrected chi connectivity index (χ0v) is 16.0. The van der Waals surface area contributed by atoms with Crippen LogP contribution < -0.4 is 10.9 Å². The minimum Gasteiger partial charge on any atom is -0.326 e. The van der Waals surface area contributed by atoms with Gasteiger partial charge in [0, 0.05) is 36.6 Å². The third-order valence-corrected chi connectivity index (χ3v) is 4.31. The summed E-state index contributed by atoms with van der Waals surface area (Å²) in [5.41, 5.74) is 4.13. The highest BCUT2D eigenvalue weighted by Crippen LogP contribution is 2.15. The number of rotatable bonds is 4. The van der Waals surface area contributed by atoms with Crippen molar-refractivity contribution < 1.29 is 4.79 Å². The quantitative estimate of drug-likeness (QED) is 0.584. The van der Waals surface area contributed by atoms with Crippen molar-refractivity contribution in [1.29, 1.82) is 0 Å². The molecule has 7 nitrogen and oxygen atoms in total. The number of aryl methyl sites for hydroxylation is 1. The molecule has 4 rings (SSSR count). The summed E-state index contributed by atoms with van der Waals surface area (Å²) in [5.74, 6) is -0.133. The molecule has 0 atom stereocenters. The summed E-state index contributed by atoms with van der Waals surface area (Å²) in [7, 11) is 0. The number of fused-ring (bicyclic) bond motifs is 1. The summed E-state index contributed by atoms with van der Waals surface area (Å²) in [6.07, 6.45) is 5.40. The van der Waals surface area contributed by atoms with E-state index in [-0.39, 0.29) is 11.5 Å². The minimum atomic E-state index is -0.192. The fourth-order valence-corrected chi connectivity index (χ4v) is 3.06. The highest BCUT2D eigenvalue weighted by molar-refractivity contribution is 5.88. The standard InChI is InChI=1S/C22H19N5O2/c1-15-4-3-5-17(23-15)6-7-19-14-22(29)27-21(25-19)12-13-26(27)20-10-8-18(9-11-20)24-16(2)28/h3-14H,1-2H3,(H,24,28)/b7-6+. The Balaban J connectivity index is 1.67. The molecule has 0 radical (unpaired) electrons. The van der Waals surface area contributed by atoms with E-state index in [1.165, 1.54) is 17.5 Å². The molecule has 7 heteroatoms. The zero-order valence-electron chi connectivity index (χ0n) is 16.0. The molecule has 1 aromatic carbocycles. The molecule has 0 aliphatic heterocycles. The fraction of sp³-hybridized carbons (Fsp3) is 0.0909. The number of anilines is 1. The van der Waals surface area contributed by atoms with E-state index < -0.39 is 0 Å². The predicted octanol–water partition coefficient (Wildman–Crippen LogP) is 3.32. The van der Waals surface area contributed by atoms with Gasteiger partial charge in [-0.25, -0.2) is 4.98 Å². The van der Waals surface area contributed by atoms with E-state index in [0.29, 0.717) is 17.0 Å². The van der Waals surface area contributed by atoms with Crippen molar-refractivity contribution in [2.45, 2.75) is 13.8 Å². The first kappa shape index (κ1) is 18.4. The van der Waals surface area contributed by atoms with Gasteiger partial charge in [0.05, 0.1) is 17.1 Å². The van der Waals surface area contributed by atoms with Crippen LogP contribution in [-0.4, -0.2) is 25.1 Å². The Morgan fingerprint density at radius 1 is 1.00 bits per heavy atom. The maximum absolute atomic E-state index is 12.7. The number of pyridine rings is 1. The van der Waals surface area contributed by atoms with Gasteiger partial charge in [-0.1, -0.05) is 6.07 Å².